The fraction of sp³-hybridized carbons (Fsp3) is 0.382. The minimum absolute atomic E-state index is 0.00325. The molecule has 14 nitrogen and oxygen atoms in total. The molecule has 0 aliphatic carbocycles. The highest BCUT2D eigenvalue weighted by Crippen LogP contribution is 2.42. The van der Waals surface area contributed by atoms with Crippen molar-refractivity contribution in [3.63, 3.8) is 0 Å². The average Bonchev–Trinajstić information content (AvgIpc) is 4.08. The van der Waals surface area contributed by atoms with E-state index in [1.165, 1.54) is 18.5 Å². The molecule has 0 saturated carbocycles. The third-order valence-corrected chi connectivity index (χ3v) is 13.1. The minimum atomic E-state index is -1.01. The van der Waals surface area contributed by atoms with Crippen molar-refractivity contribution < 1.29 is 42.4 Å². The summed E-state index contributed by atoms with van der Waals surface area (Å²) in [5, 5.41) is 13.9. The maximum absolute atomic E-state index is 15.0. The van der Waals surface area contributed by atoms with Gasteiger partial charge in [-0.3, -0.25) is 0 Å². The predicted octanol–water partition coefficient (Wildman–Crippen LogP) is 9.63. The number of benzene rings is 5. The zero-order chi connectivity index (χ0) is 51.2. The van der Waals surface area contributed by atoms with Gasteiger partial charge < -0.3 is 43.7 Å². The van der Waals surface area contributed by atoms with Crippen molar-refractivity contribution >= 4 is 57.3 Å². The SMILES string of the molecule is CCOC(=O)c1ccc(N2CCN(c3ccc(O)c(C)c3)CC2)cc1.CCOC(=O)c1ccc(N2CCN(c3ccc(OC[C@@H]4CO[C@@](Cn5cncn5)(c5ccc(F)cc5F)C4)c(C)c3)CC2)cc1.CI. The molecule has 3 aliphatic heterocycles. The molecule has 72 heavy (non-hydrogen) atoms. The number of esters is 2. The van der Waals surface area contributed by atoms with Crippen LogP contribution in [-0.2, 0) is 26.4 Å². The summed E-state index contributed by atoms with van der Waals surface area (Å²) in [6, 6.07) is 30.8. The van der Waals surface area contributed by atoms with Crippen LogP contribution < -0.4 is 24.3 Å². The van der Waals surface area contributed by atoms with Crippen LogP contribution in [0, 0.1) is 31.4 Å². The number of carbonyl (C=O) groups excluding carboxylic acids is 2. The lowest BCUT2D eigenvalue weighted by atomic mass is 9.87. The number of rotatable bonds is 14. The highest BCUT2D eigenvalue weighted by molar-refractivity contribution is 14.1. The van der Waals surface area contributed by atoms with Crippen LogP contribution in [0.5, 0.6) is 11.5 Å². The molecule has 4 heterocycles. The Bertz CT molecular complexity index is 2700. The second-order valence-corrected chi connectivity index (χ2v) is 17.8. The fourth-order valence-corrected chi connectivity index (χ4v) is 9.31. The van der Waals surface area contributed by atoms with E-state index < -0.39 is 17.2 Å². The molecule has 3 saturated heterocycles. The first-order chi connectivity index (χ1) is 34.9. The first-order valence-corrected chi connectivity index (χ1v) is 26.4. The molecule has 3 fully saturated rings. The summed E-state index contributed by atoms with van der Waals surface area (Å²) >= 11 is 2.15. The number of anilines is 4. The molecule has 2 atom stereocenters. The quantitative estimate of drug-likeness (QED) is 0.0631. The molecular weight excluding hydrogens is 1040 g/mol. The number of halogens is 3. The van der Waals surface area contributed by atoms with Gasteiger partial charge in [0, 0.05) is 92.7 Å². The fourth-order valence-electron chi connectivity index (χ4n) is 9.31. The maximum Gasteiger partial charge on any atom is 0.338 e. The summed E-state index contributed by atoms with van der Waals surface area (Å²) in [4.78, 5) is 39.0. The van der Waals surface area contributed by atoms with Crippen LogP contribution in [0.3, 0.4) is 0 Å². The molecule has 1 aromatic heterocycles. The van der Waals surface area contributed by atoms with Gasteiger partial charge >= 0.3 is 11.9 Å². The second kappa shape index (κ2) is 25.3. The first-order valence-electron chi connectivity index (χ1n) is 24.3. The summed E-state index contributed by atoms with van der Waals surface area (Å²) in [5.41, 5.74) is 6.86. The number of hydrogen-bond acceptors (Lipinski definition) is 13. The summed E-state index contributed by atoms with van der Waals surface area (Å²) in [5.74, 6) is -0.725. The summed E-state index contributed by atoms with van der Waals surface area (Å²) in [7, 11) is 0. The molecule has 1 N–H and O–H groups in total. The Balaban J connectivity index is 0.000000238. The number of carbonyl (C=O) groups is 2. The molecule has 0 unspecified atom stereocenters. The van der Waals surface area contributed by atoms with Gasteiger partial charge in [0.05, 0.1) is 44.1 Å². The molecule has 382 valence electrons. The van der Waals surface area contributed by atoms with Gasteiger partial charge in [0.25, 0.3) is 0 Å². The van der Waals surface area contributed by atoms with Crippen molar-refractivity contribution in [2.24, 2.45) is 5.92 Å². The third kappa shape index (κ3) is 13.3. The second-order valence-electron chi connectivity index (χ2n) is 17.8. The standard InChI is InChI=1S/C34H37F2N5O4.C20H24N2O3.CH3I/c1-3-43-33(42)26-4-7-28(8-5-26)39-12-14-40(15-13-39)29-9-11-32(24(2)16-29)44-19-25-18-34(45-20-25,21-41-23-37-22-38-41)30-10-6-27(35)17-31(30)36;1-3-25-20(24)16-4-6-17(7-5-16)21-10-12-22(13-11-21)18-8-9-19(23)15(2)14-18;1-2/h4-11,16-17,22-23,25H,3,12-15,18-21H2,1-2H3;4-9,14,23H,3,10-13H2,1-2H3;1H3/t25-,34+;;/m1../s1. The van der Waals surface area contributed by atoms with E-state index in [2.05, 4.69) is 64.4 Å². The largest absolute Gasteiger partial charge is 0.508 e. The molecule has 9 rings (SSSR count). The van der Waals surface area contributed by atoms with E-state index in [1.54, 1.807) is 30.9 Å². The normalized spacial score (nSPS) is 17.6. The van der Waals surface area contributed by atoms with Gasteiger partial charge in [0.1, 0.15) is 41.4 Å². The van der Waals surface area contributed by atoms with Crippen LogP contribution in [0.25, 0.3) is 0 Å². The Morgan fingerprint density at radius 1 is 0.694 bits per heavy atom. The minimum Gasteiger partial charge on any atom is -0.508 e. The zero-order valence-corrected chi connectivity index (χ0v) is 43.8. The summed E-state index contributed by atoms with van der Waals surface area (Å²) < 4.78 is 52.9. The number of phenols is 1. The number of aryl methyl sites for hydroxylation is 2. The molecular formula is C55H64F2IN7O7. The zero-order valence-electron chi connectivity index (χ0n) is 41.6. The van der Waals surface area contributed by atoms with Crippen LogP contribution in [0.4, 0.5) is 31.5 Å². The summed E-state index contributed by atoms with van der Waals surface area (Å²) in [6.45, 7) is 16.5. The number of aromatic hydroxyl groups is 1. The van der Waals surface area contributed by atoms with Crippen LogP contribution in [0.2, 0.25) is 0 Å². The van der Waals surface area contributed by atoms with E-state index in [-0.39, 0.29) is 24.4 Å². The summed E-state index contributed by atoms with van der Waals surface area (Å²) in [6.07, 6.45) is 3.47. The highest BCUT2D eigenvalue weighted by atomic mass is 127. The van der Waals surface area contributed by atoms with E-state index in [4.69, 9.17) is 18.9 Å². The van der Waals surface area contributed by atoms with Crippen molar-refractivity contribution in [2.45, 2.75) is 46.3 Å². The number of ether oxygens (including phenoxy) is 4. The Morgan fingerprint density at radius 2 is 1.19 bits per heavy atom. The molecule has 3 aliphatic rings. The number of alkyl halides is 1. The Kier molecular flexibility index (Phi) is 18.7. The number of hydrogen-bond donors (Lipinski definition) is 1. The van der Waals surface area contributed by atoms with Crippen molar-refractivity contribution in [3.05, 3.63) is 155 Å². The lowest BCUT2D eigenvalue weighted by molar-refractivity contribution is -0.0206. The van der Waals surface area contributed by atoms with Crippen molar-refractivity contribution in [3.8, 4) is 11.5 Å². The topological polar surface area (TPSA) is 135 Å². The van der Waals surface area contributed by atoms with E-state index in [1.807, 2.05) is 85.5 Å². The molecule has 5 aromatic carbocycles. The van der Waals surface area contributed by atoms with Crippen molar-refractivity contribution in [1.29, 1.82) is 0 Å². The monoisotopic (exact) mass is 1100 g/mol. The molecule has 0 spiro atoms. The van der Waals surface area contributed by atoms with Crippen molar-refractivity contribution in [2.75, 3.05) is 103 Å². The van der Waals surface area contributed by atoms with Crippen molar-refractivity contribution in [1.82, 2.24) is 14.8 Å². The van der Waals surface area contributed by atoms with Crippen LogP contribution in [-0.4, -0.2) is 116 Å². The van der Waals surface area contributed by atoms with Gasteiger partial charge in [-0.15, -0.1) is 0 Å². The molecule has 0 amide bonds. The molecule has 0 radical (unpaired) electrons. The van der Waals surface area contributed by atoms with Gasteiger partial charge in [0.15, 0.2) is 0 Å². The number of phenolic OH excluding ortho intramolecular Hbond substituents is 1. The Morgan fingerprint density at radius 3 is 1.67 bits per heavy atom. The van der Waals surface area contributed by atoms with Gasteiger partial charge in [-0.1, -0.05) is 28.7 Å². The van der Waals surface area contributed by atoms with Crippen LogP contribution in [0.1, 0.15) is 57.7 Å². The van der Waals surface area contributed by atoms with Gasteiger partial charge in [0.2, 0.25) is 0 Å². The predicted molar refractivity (Wildman–Crippen MR) is 285 cm³/mol. The van der Waals surface area contributed by atoms with Gasteiger partial charge in [-0.25, -0.2) is 28.0 Å². The van der Waals surface area contributed by atoms with Gasteiger partial charge in [-0.05, 0) is 141 Å². The highest BCUT2D eigenvalue weighted by Gasteiger charge is 2.45. The van der Waals surface area contributed by atoms with E-state index >= 15 is 0 Å². The molecule has 0 bridgehead atoms. The van der Waals surface area contributed by atoms with Crippen LogP contribution in [0.15, 0.2) is 116 Å². The lowest BCUT2D eigenvalue weighted by Crippen LogP contribution is -2.46. The van der Waals surface area contributed by atoms with E-state index in [0.717, 1.165) is 98.1 Å². The third-order valence-electron chi connectivity index (χ3n) is 13.1. The Labute approximate surface area is 434 Å². The number of piperazine rings is 2. The first kappa shape index (κ1) is 53.3. The maximum atomic E-state index is 15.0. The van der Waals surface area contributed by atoms with Gasteiger partial charge in [-0.2, -0.15) is 5.10 Å². The van der Waals surface area contributed by atoms with E-state index in [9.17, 15) is 23.5 Å². The van der Waals surface area contributed by atoms with Crippen LogP contribution >= 0.6 is 22.6 Å². The average molecular weight is 1100 g/mol. The molecule has 17 heteroatoms. The van der Waals surface area contributed by atoms with E-state index in [0.29, 0.717) is 55.3 Å². The number of nitrogens with zero attached hydrogens (tertiary/aromatic N) is 7. The lowest BCUT2D eigenvalue weighted by Gasteiger charge is -2.37. The molecule has 6 aromatic rings. The Hall–Kier alpha value is -6.47. The number of aromatic nitrogens is 3. The smallest absolute Gasteiger partial charge is 0.338 e.